The molecule has 0 amide bonds. The molecule has 4 nitrogen and oxygen atoms in total. The van der Waals surface area contributed by atoms with Gasteiger partial charge < -0.3 is 5.73 Å². The van der Waals surface area contributed by atoms with Crippen LogP contribution in [0.5, 0.6) is 0 Å². The van der Waals surface area contributed by atoms with Crippen LogP contribution in [0.1, 0.15) is 22.5 Å². The summed E-state index contributed by atoms with van der Waals surface area (Å²) in [7, 11) is 0. The number of nitrogens with zero attached hydrogens (tertiary/aromatic N) is 3. The summed E-state index contributed by atoms with van der Waals surface area (Å²) in [6, 6.07) is 9.46. The maximum absolute atomic E-state index is 8.32. The Morgan fingerprint density at radius 2 is 1.67 bits per heavy atom. The predicted molar refractivity (Wildman–Crippen MR) is 70.6 cm³/mol. The van der Waals surface area contributed by atoms with E-state index in [9.17, 15) is 0 Å². The minimum absolute atomic E-state index is 0.473. The first-order valence-corrected chi connectivity index (χ1v) is 5.60. The summed E-state index contributed by atoms with van der Waals surface area (Å²) in [6.07, 6.45) is 3.50. The van der Waals surface area contributed by atoms with Gasteiger partial charge in [0.1, 0.15) is 11.8 Å². The highest BCUT2D eigenvalue weighted by Crippen LogP contribution is 1.96. The molecule has 18 heavy (non-hydrogen) atoms. The Kier molecular flexibility index (Phi) is 5.49. The second-order valence-electron chi connectivity index (χ2n) is 3.86. The average molecular weight is 240 g/mol. The lowest BCUT2D eigenvalue weighted by molar-refractivity contribution is 0.984. The molecule has 0 saturated carbocycles. The van der Waals surface area contributed by atoms with Crippen LogP contribution in [0, 0.1) is 25.2 Å². The normalized spacial score (nSPS) is 9.00. The van der Waals surface area contributed by atoms with E-state index < -0.39 is 0 Å². The van der Waals surface area contributed by atoms with Crippen molar-refractivity contribution in [3.05, 3.63) is 59.2 Å². The molecule has 0 unspecified atom stereocenters. The van der Waals surface area contributed by atoms with Gasteiger partial charge >= 0.3 is 0 Å². The average Bonchev–Trinajstić information content (AvgIpc) is 2.41. The second-order valence-corrected chi connectivity index (χ2v) is 3.86. The molecule has 2 rings (SSSR count). The second kappa shape index (κ2) is 7.15. The van der Waals surface area contributed by atoms with Crippen molar-refractivity contribution >= 4 is 0 Å². The van der Waals surface area contributed by atoms with Crippen LogP contribution in [-0.2, 0) is 6.54 Å². The number of aryl methyl sites for hydroxylation is 2. The van der Waals surface area contributed by atoms with Crippen LogP contribution in [0.3, 0.4) is 0 Å². The number of pyridine rings is 2. The first-order chi connectivity index (χ1) is 8.65. The van der Waals surface area contributed by atoms with E-state index in [2.05, 4.69) is 9.97 Å². The highest BCUT2D eigenvalue weighted by Gasteiger charge is 1.87. The first-order valence-electron chi connectivity index (χ1n) is 5.60. The van der Waals surface area contributed by atoms with Gasteiger partial charge in [-0.1, -0.05) is 12.1 Å². The molecule has 0 aliphatic carbocycles. The maximum Gasteiger partial charge on any atom is 0.140 e. The van der Waals surface area contributed by atoms with Gasteiger partial charge in [-0.2, -0.15) is 5.26 Å². The van der Waals surface area contributed by atoms with Gasteiger partial charge in [0.15, 0.2) is 0 Å². The third kappa shape index (κ3) is 4.73. The van der Waals surface area contributed by atoms with Crippen molar-refractivity contribution < 1.29 is 0 Å². The monoisotopic (exact) mass is 240 g/mol. The van der Waals surface area contributed by atoms with Crippen LogP contribution in [0.25, 0.3) is 0 Å². The summed E-state index contributed by atoms with van der Waals surface area (Å²) in [4.78, 5) is 7.91. The predicted octanol–water partition coefficient (Wildman–Crippen LogP) is 2.11. The van der Waals surface area contributed by atoms with Gasteiger partial charge in [0.05, 0.1) is 5.69 Å². The number of hydrogen-bond acceptors (Lipinski definition) is 4. The zero-order valence-electron chi connectivity index (χ0n) is 10.6. The molecular formula is C14H16N4. The smallest absolute Gasteiger partial charge is 0.140 e. The molecule has 92 valence electrons. The van der Waals surface area contributed by atoms with E-state index >= 15 is 0 Å². The van der Waals surface area contributed by atoms with Crippen LogP contribution >= 0.6 is 0 Å². The highest BCUT2D eigenvalue weighted by atomic mass is 14.7. The minimum atomic E-state index is 0.473. The van der Waals surface area contributed by atoms with Crippen LogP contribution in [0.4, 0.5) is 0 Å². The molecule has 2 heterocycles. The standard InChI is InChI=1S/C7H10N2.C7H6N2/c2*1-6-2-3-7(4-8)9-5-6/h2-3,5H,4,8H2,1H3;2-3,5H,1H3. The quantitative estimate of drug-likeness (QED) is 0.828. The molecule has 0 aliphatic heterocycles. The van der Waals surface area contributed by atoms with Crippen molar-refractivity contribution in [1.82, 2.24) is 9.97 Å². The van der Waals surface area contributed by atoms with Gasteiger partial charge in [-0.3, -0.25) is 4.98 Å². The van der Waals surface area contributed by atoms with Gasteiger partial charge in [0.25, 0.3) is 0 Å². The topological polar surface area (TPSA) is 75.6 Å². The summed E-state index contributed by atoms with van der Waals surface area (Å²) < 4.78 is 0. The summed E-state index contributed by atoms with van der Waals surface area (Å²) >= 11 is 0. The van der Waals surface area contributed by atoms with Crippen molar-refractivity contribution in [3.8, 4) is 6.07 Å². The molecule has 0 fully saturated rings. The van der Waals surface area contributed by atoms with Crippen molar-refractivity contribution in [2.24, 2.45) is 5.73 Å². The lowest BCUT2D eigenvalue weighted by Crippen LogP contribution is -1.98. The molecule has 2 aromatic rings. The van der Waals surface area contributed by atoms with Gasteiger partial charge in [-0.25, -0.2) is 4.98 Å². The zero-order chi connectivity index (χ0) is 13.4. The molecule has 0 spiro atoms. The van der Waals surface area contributed by atoms with Crippen LogP contribution < -0.4 is 5.73 Å². The number of nitriles is 1. The third-order valence-electron chi connectivity index (χ3n) is 2.21. The maximum atomic E-state index is 8.32. The Labute approximate surface area is 107 Å². The van der Waals surface area contributed by atoms with Crippen LogP contribution in [0.2, 0.25) is 0 Å². The first kappa shape index (κ1) is 13.8. The van der Waals surface area contributed by atoms with E-state index in [1.807, 2.05) is 44.3 Å². The molecule has 2 N–H and O–H groups in total. The molecule has 2 aromatic heterocycles. The Morgan fingerprint density at radius 3 is 2.06 bits per heavy atom. The molecule has 0 aliphatic rings. The van der Waals surface area contributed by atoms with Crippen LogP contribution in [-0.4, -0.2) is 9.97 Å². The van der Waals surface area contributed by atoms with Crippen molar-refractivity contribution in [1.29, 1.82) is 5.26 Å². The van der Waals surface area contributed by atoms with E-state index in [0.29, 0.717) is 12.2 Å². The summed E-state index contributed by atoms with van der Waals surface area (Å²) in [5.41, 5.74) is 9.01. The Hall–Kier alpha value is -2.25. The molecule has 0 saturated heterocycles. The highest BCUT2D eigenvalue weighted by molar-refractivity contribution is 5.22. The Bertz CT molecular complexity index is 509. The van der Waals surface area contributed by atoms with Gasteiger partial charge in [-0.15, -0.1) is 0 Å². The molecule has 0 bridgehead atoms. The zero-order valence-corrected chi connectivity index (χ0v) is 10.6. The summed E-state index contributed by atoms with van der Waals surface area (Å²) in [5, 5.41) is 8.32. The molecule has 0 aromatic carbocycles. The fraction of sp³-hybridized carbons (Fsp3) is 0.214. The molecule has 0 atom stereocenters. The Morgan fingerprint density at radius 1 is 1.06 bits per heavy atom. The molecule has 4 heteroatoms. The lowest BCUT2D eigenvalue weighted by Gasteiger charge is -1.93. The van der Waals surface area contributed by atoms with Crippen molar-refractivity contribution in [2.75, 3.05) is 0 Å². The van der Waals surface area contributed by atoms with Gasteiger partial charge in [0, 0.05) is 18.9 Å². The number of hydrogen-bond donors (Lipinski definition) is 1. The van der Waals surface area contributed by atoms with E-state index in [4.69, 9.17) is 11.0 Å². The summed E-state index contributed by atoms with van der Waals surface area (Å²) in [6.45, 7) is 4.47. The molecule has 0 radical (unpaired) electrons. The number of rotatable bonds is 1. The fourth-order valence-electron chi connectivity index (χ4n) is 1.15. The summed E-state index contributed by atoms with van der Waals surface area (Å²) in [5.74, 6) is 0. The lowest BCUT2D eigenvalue weighted by atomic mass is 10.3. The third-order valence-corrected chi connectivity index (χ3v) is 2.21. The SMILES string of the molecule is Cc1ccc(C#N)nc1.Cc1ccc(CN)nc1. The van der Waals surface area contributed by atoms with E-state index in [-0.39, 0.29) is 0 Å². The van der Waals surface area contributed by atoms with E-state index in [1.165, 1.54) is 5.56 Å². The van der Waals surface area contributed by atoms with E-state index in [0.717, 1.165) is 11.3 Å². The molecular weight excluding hydrogens is 224 g/mol. The fourth-order valence-corrected chi connectivity index (χ4v) is 1.15. The van der Waals surface area contributed by atoms with Crippen molar-refractivity contribution in [3.63, 3.8) is 0 Å². The number of aromatic nitrogens is 2. The van der Waals surface area contributed by atoms with Crippen LogP contribution in [0.15, 0.2) is 36.7 Å². The van der Waals surface area contributed by atoms with Gasteiger partial charge in [0.2, 0.25) is 0 Å². The number of nitrogens with two attached hydrogens (primary N) is 1. The van der Waals surface area contributed by atoms with E-state index in [1.54, 1.807) is 12.3 Å². The minimum Gasteiger partial charge on any atom is -0.325 e. The largest absolute Gasteiger partial charge is 0.325 e. The van der Waals surface area contributed by atoms with Crippen molar-refractivity contribution in [2.45, 2.75) is 20.4 Å². The van der Waals surface area contributed by atoms with Gasteiger partial charge in [-0.05, 0) is 37.1 Å². The Balaban J connectivity index is 0.000000180.